The molecule has 0 saturated carbocycles. The second kappa shape index (κ2) is 5.30. The van der Waals surface area contributed by atoms with E-state index in [4.69, 9.17) is 4.74 Å². The monoisotopic (exact) mass is 280 g/mol. The number of rotatable bonds is 2. The zero-order valence-corrected chi connectivity index (χ0v) is 11.0. The number of carbonyl (C=O) groups excluding carboxylic acids is 1. The van der Waals surface area contributed by atoms with Gasteiger partial charge in [0.1, 0.15) is 11.5 Å². The van der Waals surface area contributed by atoms with E-state index in [0.29, 0.717) is 18.4 Å². The number of hydrogen-bond acceptors (Lipinski definition) is 4. The van der Waals surface area contributed by atoms with Crippen LogP contribution in [0.25, 0.3) is 0 Å². The summed E-state index contributed by atoms with van der Waals surface area (Å²) in [7, 11) is 0. The van der Waals surface area contributed by atoms with Gasteiger partial charge in [0, 0.05) is 12.5 Å². The standard InChI is InChI=1S/C13H13FN2O2S/c14-9-3-1-2-4-10(9)15-13-16-12(17)11(19-13)8-5-6-18-7-8/h1-4,8,11H,5-7H2,(H,15,16,17)/t8-,11?/m0/s1. The van der Waals surface area contributed by atoms with Crippen LogP contribution < -0.4 is 5.32 Å². The van der Waals surface area contributed by atoms with Crippen LogP contribution in [0.1, 0.15) is 6.42 Å². The molecule has 0 spiro atoms. The molecule has 0 aromatic heterocycles. The molecule has 2 aliphatic heterocycles. The fraction of sp³-hybridized carbons (Fsp3) is 0.385. The molecule has 1 N–H and O–H groups in total. The predicted octanol–water partition coefficient (Wildman–Crippen LogP) is 2.08. The van der Waals surface area contributed by atoms with Crippen molar-refractivity contribution in [3.63, 3.8) is 0 Å². The lowest BCUT2D eigenvalue weighted by molar-refractivity contribution is -0.119. The summed E-state index contributed by atoms with van der Waals surface area (Å²) in [6.07, 6.45) is 0.887. The van der Waals surface area contributed by atoms with Gasteiger partial charge in [0.25, 0.3) is 0 Å². The molecule has 19 heavy (non-hydrogen) atoms. The summed E-state index contributed by atoms with van der Waals surface area (Å²) < 4.78 is 18.8. The topological polar surface area (TPSA) is 50.7 Å². The van der Waals surface area contributed by atoms with E-state index in [-0.39, 0.29) is 22.8 Å². The van der Waals surface area contributed by atoms with Gasteiger partial charge in [0.05, 0.1) is 11.9 Å². The van der Waals surface area contributed by atoms with E-state index in [0.717, 1.165) is 6.42 Å². The molecule has 2 fully saturated rings. The van der Waals surface area contributed by atoms with E-state index in [1.165, 1.54) is 17.8 Å². The van der Waals surface area contributed by atoms with Crippen LogP contribution in [0.4, 0.5) is 10.1 Å². The van der Waals surface area contributed by atoms with Crippen molar-refractivity contribution in [3.05, 3.63) is 30.1 Å². The smallest absolute Gasteiger partial charge is 0.239 e. The molecular weight excluding hydrogens is 267 g/mol. The largest absolute Gasteiger partial charge is 0.381 e. The molecule has 2 saturated heterocycles. The summed E-state index contributed by atoms with van der Waals surface area (Å²) in [5.41, 5.74) is 0.244. The zero-order valence-electron chi connectivity index (χ0n) is 10.1. The fourth-order valence-corrected chi connectivity index (χ4v) is 3.31. The van der Waals surface area contributed by atoms with E-state index >= 15 is 0 Å². The number of carbonyl (C=O) groups is 1. The van der Waals surface area contributed by atoms with Crippen LogP contribution in [-0.4, -0.2) is 29.5 Å². The number of ether oxygens (including phenoxy) is 1. The van der Waals surface area contributed by atoms with Gasteiger partial charge in [-0.05, 0) is 18.6 Å². The number of nitrogens with one attached hydrogen (secondary N) is 1. The highest BCUT2D eigenvalue weighted by Crippen LogP contribution is 2.32. The lowest BCUT2D eigenvalue weighted by Gasteiger charge is -2.10. The van der Waals surface area contributed by atoms with E-state index in [2.05, 4.69) is 10.3 Å². The number of para-hydroxylation sites is 1. The summed E-state index contributed by atoms with van der Waals surface area (Å²) in [4.78, 5) is 16.0. The Kier molecular flexibility index (Phi) is 3.52. The quantitative estimate of drug-likeness (QED) is 0.902. The van der Waals surface area contributed by atoms with Crippen LogP contribution in [0.5, 0.6) is 0 Å². The van der Waals surface area contributed by atoms with Crippen molar-refractivity contribution in [2.75, 3.05) is 13.2 Å². The van der Waals surface area contributed by atoms with Gasteiger partial charge in [-0.25, -0.2) is 9.38 Å². The Morgan fingerprint density at radius 1 is 1.42 bits per heavy atom. The lowest BCUT2D eigenvalue weighted by Crippen LogP contribution is -2.30. The number of aliphatic imine (C=N–C) groups is 1. The third-order valence-electron chi connectivity index (χ3n) is 3.19. The Morgan fingerprint density at radius 2 is 2.26 bits per heavy atom. The van der Waals surface area contributed by atoms with E-state index in [1.807, 2.05) is 0 Å². The molecular formula is C13H13FN2O2S. The Bertz CT molecular complexity index is 529. The van der Waals surface area contributed by atoms with Gasteiger partial charge in [0.15, 0.2) is 5.17 Å². The molecule has 2 atom stereocenters. The maximum atomic E-state index is 13.5. The van der Waals surface area contributed by atoms with Crippen molar-refractivity contribution in [2.24, 2.45) is 10.9 Å². The molecule has 0 radical (unpaired) electrons. The van der Waals surface area contributed by atoms with Crippen LogP contribution in [-0.2, 0) is 9.53 Å². The first kappa shape index (κ1) is 12.6. The Labute approximate surface area is 114 Å². The van der Waals surface area contributed by atoms with Gasteiger partial charge < -0.3 is 10.1 Å². The Balaban J connectivity index is 1.77. The van der Waals surface area contributed by atoms with Crippen molar-refractivity contribution in [1.82, 2.24) is 5.32 Å². The zero-order chi connectivity index (χ0) is 13.2. The molecule has 6 heteroatoms. The van der Waals surface area contributed by atoms with Crippen LogP contribution in [0.2, 0.25) is 0 Å². The maximum Gasteiger partial charge on any atom is 0.239 e. The molecule has 3 rings (SSSR count). The third-order valence-corrected chi connectivity index (χ3v) is 4.46. The van der Waals surface area contributed by atoms with Crippen molar-refractivity contribution >= 4 is 28.5 Å². The Hall–Kier alpha value is -1.40. The molecule has 1 aromatic rings. The summed E-state index contributed by atoms with van der Waals surface area (Å²) >= 11 is 1.36. The average molecular weight is 280 g/mol. The first-order valence-electron chi connectivity index (χ1n) is 6.12. The average Bonchev–Trinajstić information content (AvgIpc) is 3.01. The number of halogens is 1. The van der Waals surface area contributed by atoms with Crippen LogP contribution in [0, 0.1) is 11.7 Å². The van der Waals surface area contributed by atoms with Crippen LogP contribution >= 0.6 is 11.8 Å². The first-order valence-corrected chi connectivity index (χ1v) is 7.00. The second-order valence-corrected chi connectivity index (χ2v) is 5.65. The summed E-state index contributed by atoms with van der Waals surface area (Å²) in [5.74, 6) is -0.230. The van der Waals surface area contributed by atoms with Crippen LogP contribution in [0.15, 0.2) is 29.3 Å². The third kappa shape index (κ3) is 2.64. The van der Waals surface area contributed by atoms with Gasteiger partial charge in [-0.3, -0.25) is 4.79 Å². The normalized spacial score (nSPS) is 28.9. The van der Waals surface area contributed by atoms with E-state index in [9.17, 15) is 9.18 Å². The number of benzene rings is 1. The molecule has 0 bridgehead atoms. The molecule has 4 nitrogen and oxygen atoms in total. The van der Waals surface area contributed by atoms with Crippen LogP contribution in [0.3, 0.4) is 0 Å². The number of amides is 1. The second-order valence-electron chi connectivity index (χ2n) is 4.52. The van der Waals surface area contributed by atoms with E-state index < -0.39 is 5.82 Å². The molecule has 2 heterocycles. The summed E-state index contributed by atoms with van der Waals surface area (Å²) in [6.45, 7) is 1.31. The van der Waals surface area contributed by atoms with Gasteiger partial charge in [0.2, 0.25) is 5.91 Å². The maximum absolute atomic E-state index is 13.5. The molecule has 1 aromatic carbocycles. The van der Waals surface area contributed by atoms with Gasteiger partial charge in [-0.1, -0.05) is 23.9 Å². The number of nitrogens with zero attached hydrogens (tertiary/aromatic N) is 1. The van der Waals surface area contributed by atoms with E-state index in [1.54, 1.807) is 18.2 Å². The molecule has 1 amide bonds. The van der Waals surface area contributed by atoms with Gasteiger partial charge in [-0.2, -0.15) is 0 Å². The summed E-state index contributed by atoms with van der Waals surface area (Å²) in [5, 5.41) is 3.00. The highest BCUT2D eigenvalue weighted by atomic mass is 32.2. The Morgan fingerprint density at radius 3 is 3.00 bits per heavy atom. The van der Waals surface area contributed by atoms with Gasteiger partial charge in [-0.15, -0.1) is 0 Å². The minimum absolute atomic E-state index is 0.0596. The highest BCUT2D eigenvalue weighted by Gasteiger charge is 2.38. The van der Waals surface area contributed by atoms with Crippen molar-refractivity contribution in [2.45, 2.75) is 11.7 Å². The first-order chi connectivity index (χ1) is 9.24. The molecule has 2 aliphatic rings. The predicted molar refractivity (Wildman–Crippen MR) is 71.9 cm³/mol. The minimum atomic E-state index is -0.391. The SMILES string of the molecule is O=C1NC(=Nc2ccccc2F)SC1[C@H]1CCOC1. The van der Waals surface area contributed by atoms with Crippen molar-refractivity contribution < 1.29 is 13.9 Å². The molecule has 100 valence electrons. The number of amidine groups is 1. The lowest BCUT2D eigenvalue weighted by atomic mass is 10.0. The number of thioether (sulfide) groups is 1. The number of hydrogen-bond donors (Lipinski definition) is 1. The minimum Gasteiger partial charge on any atom is -0.381 e. The fourth-order valence-electron chi connectivity index (χ4n) is 2.19. The highest BCUT2D eigenvalue weighted by molar-refractivity contribution is 8.15. The molecule has 0 aliphatic carbocycles. The summed E-state index contributed by atoms with van der Waals surface area (Å²) in [6, 6.07) is 6.26. The van der Waals surface area contributed by atoms with Crippen molar-refractivity contribution in [1.29, 1.82) is 0 Å². The van der Waals surface area contributed by atoms with Crippen molar-refractivity contribution in [3.8, 4) is 0 Å². The molecule has 1 unspecified atom stereocenters. The van der Waals surface area contributed by atoms with Gasteiger partial charge >= 0.3 is 0 Å².